The number of nitrogens with zero attached hydrogens (tertiary/aromatic N) is 3. The first-order valence-corrected chi connectivity index (χ1v) is 11.6. The van der Waals surface area contributed by atoms with E-state index in [0.717, 1.165) is 30.9 Å². The van der Waals surface area contributed by atoms with Crippen LogP contribution >= 0.6 is 31.9 Å². The number of amides is 1. The Morgan fingerprint density at radius 1 is 1.10 bits per heavy atom. The van der Waals surface area contributed by atoms with E-state index in [1.807, 2.05) is 26.0 Å². The van der Waals surface area contributed by atoms with E-state index in [4.69, 9.17) is 0 Å². The summed E-state index contributed by atoms with van der Waals surface area (Å²) in [6, 6.07) is 7.62. The van der Waals surface area contributed by atoms with E-state index in [1.54, 1.807) is 6.07 Å². The van der Waals surface area contributed by atoms with Crippen LogP contribution in [0.2, 0.25) is 0 Å². The van der Waals surface area contributed by atoms with Gasteiger partial charge >= 0.3 is 10.2 Å². The molecule has 2 aromatic carbocycles. The third kappa shape index (κ3) is 5.83. The average molecular weight is 550 g/mol. The lowest BCUT2D eigenvalue weighted by Gasteiger charge is -2.23. The standard InChI is InChI=1S/C18H19Br2FN4O3S/c1-4-25(5-2)16-8-6-7-15(22-11(3)26)18(16)24-23-17-13(19)9-12(10-14(17)20)29(21,27)28/h6-10H,4-5H2,1-3H3,(H,22,26). The maximum absolute atomic E-state index is 13.3. The van der Waals surface area contributed by atoms with Gasteiger partial charge in [0.25, 0.3) is 0 Å². The Morgan fingerprint density at radius 2 is 1.66 bits per heavy atom. The van der Waals surface area contributed by atoms with Gasteiger partial charge in [0.2, 0.25) is 5.91 Å². The van der Waals surface area contributed by atoms with Crippen molar-refractivity contribution in [3.05, 3.63) is 39.3 Å². The largest absolute Gasteiger partial charge is 0.370 e. The van der Waals surface area contributed by atoms with Gasteiger partial charge in [0, 0.05) is 29.0 Å². The van der Waals surface area contributed by atoms with E-state index in [-0.39, 0.29) is 20.5 Å². The second kappa shape index (κ2) is 9.77. The molecule has 2 rings (SSSR count). The third-order valence-electron chi connectivity index (χ3n) is 3.95. The maximum Gasteiger partial charge on any atom is 0.332 e. The molecule has 0 fully saturated rings. The summed E-state index contributed by atoms with van der Waals surface area (Å²) >= 11 is 6.41. The molecule has 0 aliphatic heterocycles. The summed E-state index contributed by atoms with van der Waals surface area (Å²) in [6.45, 7) is 6.84. The molecule has 2 aromatic rings. The molecule has 156 valence electrons. The van der Waals surface area contributed by atoms with Crippen LogP contribution in [0.3, 0.4) is 0 Å². The Bertz CT molecular complexity index is 1030. The topological polar surface area (TPSA) is 91.2 Å². The second-order valence-corrected chi connectivity index (χ2v) is 8.96. The summed E-state index contributed by atoms with van der Waals surface area (Å²) in [5.41, 5.74) is 1.99. The smallest absolute Gasteiger partial charge is 0.332 e. The summed E-state index contributed by atoms with van der Waals surface area (Å²) in [4.78, 5) is 13.2. The van der Waals surface area contributed by atoms with Crippen molar-refractivity contribution in [2.45, 2.75) is 25.7 Å². The number of anilines is 2. The lowest BCUT2D eigenvalue weighted by molar-refractivity contribution is -0.114. The molecule has 0 aliphatic carbocycles. The SMILES string of the molecule is CCN(CC)c1cccc(NC(C)=O)c1N=Nc1c(Br)cc(S(=O)(=O)F)cc1Br. The van der Waals surface area contributed by atoms with E-state index in [2.05, 4.69) is 52.3 Å². The summed E-state index contributed by atoms with van der Waals surface area (Å²) in [5, 5.41) is 11.3. The van der Waals surface area contributed by atoms with Gasteiger partial charge in [-0.1, -0.05) is 6.07 Å². The first-order chi connectivity index (χ1) is 13.6. The molecule has 7 nitrogen and oxygen atoms in total. The average Bonchev–Trinajstić information content (AvgIpc) is 2.62. The van der Waals surface area contributed by atoms with Crippen LogP contribution in [0, 0.1) is 0 Å². The van der Waals surface area contributed by atoms with E-state index in [0.29, 0.717) is 11.4 Å². The molecular formula is C18H19Br2FN4O3S. The second-order valence-electron chi connectivity index (χ2n) is 5.90. The van der Waals surface area contributed by atoms with Crippen LogP contribution in [0.5, 0.6) is 0 Å². The minimum atomic E-state index is -4.86. The first-order valence-electron chi connectivity index (χ1n) is 8.59. The quantitative estimate of drug-likeness (QED) is 0.334. The molecule has 11 heteroatoms. The van der Waals surface area contributed by atoms with E-state index in [1.165, 1.54) is 6.92 Å². The fourth-order valence-corrected chi connectivity index (χ4v) is 4.79. The van der Waals surface area contributed by atoms with Gasteiger partial charge in [0.05, 0.1) is 11.4 Å². The summed E-state index contributed by atoms with van der Waals surface area (Å²) < 4.78 is 36.1. The molecule has 0 aliphatic rings. The van der Waals surface area contributed by atoms with Crippen LogP contribution in [0.1, 0.15) is 20.8 Å². The van der Waals surface area contributed by atoms with Crippen molar-refractivity contribution in [2.24, 2.45) is 10.2 Å². The number of hydrogen-bond donors (Lipinski definition) is 1. The van der Waals surface area contributed by atoms with Gasteiger partial charge in [-0.2, -0.15) is 8.42 Å². The van der Waals surface area contributed by atoms with Gasteiger partial charge in [-0.15, -0.1) is 14.1 Å². The van der Waals surface area contributed by atoms with Gasteiger partial charge in [0.1, 0.15) is 16.3 Å². The third-order valence-corrected chi connectivity index (χ3v) is 5.96. The number of rotatable bonds is 7. The van der Waals surface area contributed by atoms with Gasteiger partial charge in [-0.05, 0) is 70.0 Å². The monoisotopic (exact) mass is 548 g/mol. The lowest BCUT2D eigenvalue weighted by Crippen LogP contribution is -2.22. The molecule has 0 unspecified atom stereocenters. The Hall–Kier alpha value is -1.85. The highest BCUT2D eigenvalue weighted by Crippen LogP contribution is 2.41. The Balaban J connectivity index is 2.60. The lowest BCUT2D eigenvalue weighted by atomic mass is 10.2. The normalized spacial score (nSPS) is 11.7. The molecule has 0 saturated heterocycles. The molecule has 0 saturated carbocycles. The van der Waals surface area contributed by atoms with Crippen molar-refractivity contribution in [1.29, 1.82) is 0 Å². The molecule has 0 radical (unpaired) electrons. The molecule has 0 atom stereocenters. The number of carbonyl (C=O) groups is 1. The van der Waals surface area contributed by atoms with E-state index in [9.17, 15) is 17.1 Å². The highest BCUT2D eigenvalue weighted by atomic mass is 79.9. The molecule has 29 heavy (non-hydrogen) atoms. The molecule has 1 amide bonds. The number of hydrogen-bond acceptors (Lipinski definition) is 6. The van der Waals surface area contributed by atoms with Crippen molar-refractivity contribution < 1.29 is 17.1 Å². The highest BCUT2D eigenvalue weighted by molar-refractivity contribution is 9.11. The van der Waals surface area contributed by atoms with Crippen molar-refractivity contribution in [2.75, 3.05) is 23.3 Å². The van der Waals surface area contributed by atoms with Crippen LogP contribution in [0.15, 0.2) is 54.4 Å². The van der Waals surface area contributed by atoms with Crippen molar-refractivity contribution in [1.82, 2.24) is 0 Å². The minimum absolute atomic E-state index is 0.244. The molecule has 0 spiro atoms. The first kappa shape index (κ1) is 23.4. The Labute approximate surface area is 185 Å². The predicted molar refractivity (Wildman–Crippen MR) is 119 cm³/mol. The van der Waals surface area contributed by atoms with Crippen LogP contribution in [-0.4, -0.2) is 27.4 Å². The van der Waals surface area contributed by atoms with Crippen LogP contribution < -0.4 is 10.2 Å². The van der Waals surface area contributed by atoms with Crippen molar-refractivity contribution in [3.8, 4) is 0 Å². The van der Waals surface area contributed by atoms with Crippen molar-refractivity contribution in [3.63, 3.8) is 0 Å². The van der Waals surface area contributed by atoms with E-state index >= 15 is 0 Å². The number of carbonyl (C=O) groups excluding carboxylic acids is 1. The molecule has 0 aromatic heterocycles. The van der Waals surface area contributed by atoms with Gasteiger partial charge < -0.3 is 10.2 Å². The van der Waals surface area contributed by atoms with Crippen LogP contribution in [0.4, 0.5) is 26.6 Å². The minimum Gasteiger partial charge on any atom is -0.370 e. The molecule has 0 heterocycles. The summed E-state index contributed by atoms with van der Waals surface area (Å²) in [5.74, 6) is -0.252. The number of azo groups is 1. The zero-order valence-electron chi connectivity index (χ0n) is 15.9. The number of nitrogens with one attached hydrogen (secondary N) is 1. The van der Waals surface area contributed by atoms with Gasteiger partial charge in [0.15, 0.2) is 0 Å². The number of halogens is 3. The number of benzene rings is 2. The van der Waals surface area contributed by atoms with Gasteiger partial charge in [-0.25, -0.2) is 0 Å². The Kier molecular flexibility index (Phi) is 7.89. The van der Waals surface area contributed by atoms with Gasteiger partial charge in [-0.3, -0.25) is 4.79 Å². The maximum atomic E-state index is 13.3. The van der Waals surface area contributed by atoms with Crippen LogP contribution in [-0.2, 0) is 15.0 Å². The van der Waals surface area contributed by atoms with Crippen LogP contribution in [0.25, 0.3) is 0 Å². The fourth-order valence-electron chi connectivity index (χ4n) is 2.62. The fraction of sp³-hybridized carbons (Fsp3) is 0.278. The zero-order valence-corrected chi connectivity index (χ0v) is 19.9. The van der Waals surface area contributed by atoms with Crippen molar-refractivity contribution >= 4 is 70.7 Å². The predicted octanol–water partition coefficient (Wildman–Crippen LogP) is 6.09. The molecule has 0 bridgehead atoms. The zero-order chi connectivity index (χ0) is 21.8. The molecular weight excluding hydrogens is 531 g/mol. The summed E-state index contributed by atoms with van der Waals surface area (Å²) in [7, 11) is -4.86. The van der Waals surface area contributed by atoms with E-state index < -0.39 is 15.1 Å². The molecule has 1 N–H and O–H groups in total. The highest BCUT2D eigenvalue weighted by Gasteiger charge is 2.18. The Morgan fingerprint density at radius 3 is 2.14 bits per heavy atom. The summed E-state index contributed by atoms with van der Waals surface area (Å²) in [6.07, 6.45) is 0.